The second-order valence-electron chi connectivity index (χ2n) is 9.49. The van der Waals surface area contributed by atoms with Gasteiger partial charge in [-0.3, -0.25) is 4.57 Å². The topological polar surface area (TPSA) is 148 Å². The zero-order valence-corrected chi connectivity index (χ0v) is 23.4. The van der Waals surface area contributed by atoms with Gasteiger partial charge in [-0.05, 0) is 86.9 Å². The number of nitrogens with one attached hydrogen (secondary N) is 2. The molecule has 0 amide bonds. The summed E-state index contributed by atoms with van der Waals surface area (Å²) in [6.07, 6.45) is 2.52. The minimum absolute atomic E-state index is 0.155. The van der Waals surface area contributed by atoms with E-state index in [-0.39, 0.29) is 29.5 Å². The second kappa shape index (κ2) is 12.1. The fourth-order valence-electron chi connectivity index (χ4n) is 4.34. The number of halogens is 1. The molecule has 0 bridgehead atoms. The Morgan fingerprint density at radius 1 is 1.08 bits per heavy atom. The quantitative estimate of drug-likeness (QED) is 0.263. The van der Waals surface area contributed by atoms with Crippen molar-refractivity contribution in [3.8, 4) is 0 Å². The zero-order chi connectivity index (χ0) is 28.2. The number of anilines is 4. The molecular formula is C25H32FN6O5PS. The molecule has 14 heteroatoms. The molecule has 0 saturated carbocycles. The molecule has 4 N–H and O–H groups in total. The van der Waals surface area contributed by atoms with Crippen LogP contribution in [0.4, 0.5) is 27.5 Å². The number of aromatic nitrogens is 2. The maximum Gasteiger partial charge on any atom is 0.326 e. The van der Waals surface area contributed by atoms with Gasteiger partial charge < -0.3 is 25.3 Å². The van der Waals surface area contributed by atoms with Gasteiger partial charge in [0.05, 0.1) is 11.1 Å². The number of likely N-dealkylation sites (tertiary alicyclic amines) is 1. The Bertz CT molecular complexity index is 1450. The average molecular weight is 579 g/mol. The molecule has 39 heavy (non-hydrogen) atoms. The van der Waals surface area contributed by atoms with Crippen molar-refractivity contribution in [2.45, 2.75) is 30.7 Å². The Labute approximate surface area is 227 Å². The van der Waals surface area contributed by atoms with Crippen LogP contribution in [0.2, 0.25) is 0 Å². The van der Waals surface area contributed by atoms with Gasteiger partial charge in [-0.15, -0.1) is 0 Å². The molecule has 0 radical (unpaired) electrons. The molecule has 0 spiro atoms. The minimum atomic E-state index is -4.06. The van der Waals surface area contributed by atoms with Crippen molar-refractivity contribution < 1.29 is 27.2 Å². The molecule has 1 saturated heterocycles. The molecule has 0 unspecified atom stereocenters. The first kappa shape index (κ1) is 29.1. The molecule has 2 aromatic carbocycles. The molecule has 1 aromatic heterocycles. The van der Waals surface area contributed by atoms with E-state index in [4.69, 9.17) is 9.79 Å². The Balaban J connectivity index is 1.36. The van der Waals surface area contributed by atoms with Crippen LogP contribution >= 0.6 is 7.60 Å². The summed E-state index contributed by atoms with van der Waals surface area (Å²) in [6, 6.07) is 12.5. The Kier molecular flexibility index (Phi) is 9.00. The van der Waals surface area contributed by atoms with E-state index in [1.54, 1.807) is 50.5 Å². The summed E-state index contributed by atoms with van der Waals surface area (Å²) in [5.74, 6) is 0.521. The average Bonchev–Trinajstić information content (AvgIpc) is 2.89. The van der Waals surface area contributed by atoms with Gasteiger partial charge in [0.15, 0.2) is 0 Å². The standard InChI is InChI=1S/C25H32FN6O5PS/c1-18-17-20(5-8-23(18)26)28-24-9-12-27-25(30-24)29-19-3-6-22(7-4-19)39(36,37)31(2)21-10-13-32(14-11-21)15-16-38(33,34)35/h3-9,12,17,21H,10-11,13-16H2,1-2H3,(H2,33,34,35)(H2,27,28,29,30). The fourth-order valence-corrected chi connectivity index (χ4v) is 6.30. The van der Waals surface area contributed by atoms with Crippen molar-refractivity contribution in [1.82, 2.24) is 19.2 Å². The number of hydrogen-bond donors (Lipinski definition) is 4. The van der Waals surface area contributed by atoms with E-state index in [1.165, 1.54) is 22.5 Å². The van der Waals surface area contributed by atoms with Gasteiger partial charge in [0.25, 0.3) is 0 Å². The highest BCUT2D eigenvalue weighted by atomic mass is 32.2. The van der Waals surface area contributed by atoms with Gasteiger partial charge >= 0.3 is 7.60 Å². The monoisotopic (exact) mass is 578 g/mol. The zero-order valence-electron chi connectivity index (χ0n) is 21.7. The fraction of sp³-hybridized carbons (Fsp3) is 0.360. The van der Waals surface area contributed by atoms with E-state index >= 15 is 0 Å². The highest BCUT2D eigenvalue weighted by molar-refractivity contribution is 7.89. The van der Waals surface area contributed by atoms with Gasteiger partial charge in [0.2, 0.25) is 16.0 Å². The maximum atomic E-state index is 13.5. The lowest BCUT2D eigenvalue weighted by molar-refractivity contribution is 0.175. The molecule has 11 nitrogen and oxygen atoms in total. The Morgan fingerprint density at radius 2 is 1.74 bits per heavy atom. The molecule has 1 aliphatic heterocycles. The third kappa shape index (κ3) is 7.81. The first-order valence-electron chi connectivity index (χ1n) is 12.4. The summed E-state index contributed by atoms with van der Waals surface area (Å²) < 4.78 is 52.5. The van der Waals surface area contributed by atoms with Gasteiger partial charge in [-0.1, -0.05) is 0 Å². The van der Waals surface area contributed by atoms with Crippen LogP contribution in [0.5, 0.6) is 0 Å². The number of piperidine rings is 1. The number of hydrogen-bond acceptors (Lipinski definition) is 8. The lowest BCUT2D eigenvalue weighted by atomic mass is 10.1. The highest BCUT2D eigenvalue weighted by Gasteiger charge is 2.31. The molecule has 4 rings (SSSR count). The van der Waals surface area contributed by atoms with E-state index < -0.39 is 17.6 Å². The number of nitrogens with zero attached hydrogens (tertiary/aromatic N) is 4. The van der Waals surface area contributed by atoms with E-state index in [1.807, 2.05) is 4.90 Å². The van der Waals surface area contributed by atoms with Crippen LogP contribution in [0, 0.1) is 12.7 Å². The Hall–Kier alpha value is -2.93. The lowest BCUT2D eigenvalue weighted by Gasteiger charge is -2.36. The largest absolute Gasteiger partial charge is 0.340 e. The SMILES string of the molecule is Cc1cc(Nc2ccnc(Nc3ccc(S(=O)(=O)N(C)C4CCN(CCP(=O)(O)O)CC4)cc3)n2)ccc1F. The van der Waals surface area contributed by atoms with E-state index in [0.717, 1.165) is 0 Å². The van der Waals surface area contributed by atoms with Crippen molar-refractivity contribution in [3.63, 3.8) is 0 Å². The van der Waals surface area contributed by atoms with Crippen molar-refractivity contribution in [2.75, 3.05) is 43.5 Å². The maximum absolute atomic E-state index is 13.5. The van der Waals surface area contributed by atoms with Crippen molar-refractivity contribution >= 4 is 40.8 Å². The molecule has 0 aliphatic carbocycles. The number of rotatable bonds is 10. The van der Waals surface area contributed by atoms with Crippen LogP contribution in [-0.2, 0) is 14.6 Å². The van der Waals surface area contributed by atoms with Crippen LogP contribution in [0.3, 0.4) is 0 Å². The summed E-state index contributed by atoms with van der Waals surface area (Å²) in [7, 11) is -6.23. The summed E-state index contributed by atoms with van der Waals surface area (Å²) in [5, 5.41) is 6.16. The van der Waals surface area contributed by atoms with Crippen LogP contribution in [0.15, 0.2) is 59.6 Å². The smallest absolute Gasteiger partial charge is 0.326 e. The lowest BCUT2D eigenvalue weighted by Crippen LogP contribution is -2.46. The minimum Gasteiger partial charge on any atom is -0.340 e. The van der Waals surface area contributed by atoms with Crippen LogP contribution in [0.1, 0.15) is 18.4 Å². The van der Waals surface area contributed by atoms with Gasteiger partial charge in [0, 0.05) is 37.2 Å². The van der Waals surface area contributed by atoms with Crippen LogP contribution in [-0.4, -0.2) is 76.3 Å². The summed E-state index contributed by atoms with van der Waals surface area (Å²) in [6.45, 7) is 3.11. The molecule has 3 aromatic rings. The van der Waals surface area contributed by atoms with Crippen molar-refractivity contribution in [2.24, 2.45) is 0 Å². The van der Waals surface area contributed by atoms with Crippen molar-refractivity contribution in [3.05, 3.63) is 66.1 Å². The first-order valence-corrected chi connectivity index (χ1v) is 15.6. The van der Waals surface area contributed by atoms with Gasteiger partial charge in [-0.2, -0.15) is 9.29 Å². The van der Waals surface area contributed by atoms with E-state index in [2.05, 4.69) is 20.6 Å². The van der Waals surface area contributed by atoms with Crippen LogP contribution < -0.4 is 10.6 Å². The number of benzene rings is 2. The normalized spacial score (nSPS) is 15.4. The molecule has 2 heterocycles. The van der Waals surface area contributed by atoms with E-state index in [0.29, 0.717) is 54.6 Å². The summed E-state index contributed by atoms with van der Waals surface area (Å²) in [4.78, 5) is 28.9. The molecule has 1 fully saturated rings. The molecule has 0 atom stereocenters. The van der Waals surface area contributed by atoms with Crippen molar-refractivity contribution in [1.29, 1.82) is 0 Å². The molecule has 210 valence electrons. The number of aryl methyl sites for hydroxylation is 1. The highest BCUT2D eigenvalue weighted by Crippen LogP contribution is 2.34. The Morgan fingerprint density at radius 3 is 2.38 bits per heavy atom. The predicted octanol–water partition coefficient (Wildman–Crippen LogP) is 3.67. The molecular weight excluding hydrogens is 546 g/mol. The van der Waals surface area contributed by atoms with Crippen LogP contribution in [0.25, 0.3) is 0 Å². The third-order valence-corrected chi connectivity index (χ3v) is 9.36. The summed E-state index contributed by atoms with van der Waals surface area (Å²) >= 11 is 0. The summed E-state index contributed by atoms with van der Waals surface area (Å²) in [5.41, 5.74) is 1.80. The second-order valence-corrected chi connectivity index (χ2v) is 13.3. The first-order chi connectivity index (χ1) is 18.4. The van der Waals surface area contributed by atoms with Gasteiger partial charge in [-0.25, -0.2) is 17.8 Å². The van der Waals surface area contributed by atoms with Gasteiger partial charge in [0.1, 0.15) is 11.6 Å². The predicted molar refractivity (Wildman–Crippen MR) is 147 cm³/mol. The third-order valence-electron chi connectivity index (χ3n) is 6.65. The molecule has 1 aliphatic rings. The van der Waals surface area contributed by atoms with E-state index in [9.17, 15) is 17.4 Å². The number of sulfonamides is 1.